The Morgan fingerprint density at radius 3 is 2.68 bits per heavy atom. The molecular weight excluding hydrogens is 248 g/mol. The van der Waals surface area contributed by atoms with Crippen molar-refractivity contribution in [3.05, 3.63) is 65.2 Å². The maximum atomic E-state index is 13.4. The van der Waals surface area contributed by atoms with Gasteiger partial charge in [0.05, 0.1) is 5.56 Å². The first-order chi connectivity index (χ1) is 9.10. The monoisotopic (exact) mass is 257 g/mol. The molecule has 2 rings (SSSR count). The van der Waals surface area contributed by atoms with Gasteiger partial charge in [-0.05, 0) is 36.4 Å². The second-order valence-corrected chi connectivity index (χ2v) is 3.80. The second kappa shape index (κ2) is 5.32. The van der Waals surface area contributed by atoms with Crippen molar-refractivity contribution in [1.82, 2.24) is 0 Å². The average Bonchev–Trinajstić information content (AvgIpc) is 2.41. The van der Waals surface area contributed by atoms with E-state index in [-0.39, 0.29) is 5.56 Å². The van der Waals surface area contributed by atoms with Crippen molar-refractivity contribution in [1.29, 1.82) is 0 Å². The molecule has 2 nitrogen and oxygen atoms in total. The summed E-state index contributed by atoms with van der Waals surface area (Å²) in [5, 5.41) is 2.46. The lowest BCUT2D eigenvalue weighted by Gasteiger charge is -2.06. The molecule has 0 aromatic heterocycles. The Morgan fingerprint density at radius 2 is 1.95 bits per heavy atom. The summed E-state index contributed by atoms with van der Waals surface area (Å²) in [6.45, 7) is 0. The van der Waals surface area contributed by atoms with Crippen molar-refractivity contribution in [3.63, 3.8) is 0 Å². The predicted octanol–water partition coefficient (Wildman–Crippen LogP) is 3.20. The summed E-state index contributed by atoms with van der Waals surface area (Å²) < 4.78 is 26.4. The summed E-state index contributed by atoms with van der Waals surface area (Å²) in [6, 6.07) is 9.22. The van der Waals surface area contributed by atoms with E-state index in [0.717, 1.165) is 18.2 Å². The summed E-state index contributed by atoms with van der Waals surface area (Å²) in [6.07, 6.45) is 5.23. The molecule has 0 spiro atoms. The molecular formula is C15H9F2NO. The number of benzene rings is 2. The Kier molecular flexibility index (Phi) is 3.58. The maximum Gasteiger partial charge on any atom is 0.258 e. The molecule has 94 valence electrons. The molecule has 19 heavy (non-hydrogen) atoms. The molecule has 2 aromatic carbocycles. The van der Waals surface area contributed by atoms with E-state index in [0.29, 0.717) is 11.3 Å². The lowest BCUT2D eigenvalue weighted by molar-refractivity contribution is 0.102. The van der Waals surface area contributed by atoms with Crippen molar-refractivity contribution in [3.8, 4) is 12.3 Å². The summed E-state index contributed by atoms with van der Waals surface area (Å²) in [5.74, 6) is 0.223. The normalized spacial score (nSPS) is 9.74. The Bertz CT molecular complexity index is 674. The standard InChI is InChI=1S/C15H9F2NO/c1-2-10-4-3-5-12(8-10)18-15(19)13-9-11(16)6-7-14(13)17/h1,3-9H,(H,18,19). The fourth-order valence-electron chi connectivity index (χ4n) is 1.56. The van der Waals surface area contributed by atoms with Gasteiger partial charge in [0.2, 0.25) is 0 Å². The van der Waals surface area contributed by atoms with Gasteiger partial charge in [0.15, 0.2) is 0 Å². The Morgan fingerprint density at radius 1 is 1.16 bits per heavy atom. The lowest BCUT2D eigenvalue weighted by atomic mass is 10.1. The van der Waals surface area contributed by atoms with E-state index in [2.05, 4.69) is 11.2 Å². The van der Waals surface area contributed by atoms with Crippen LogP contribution in [-0.4, -0.2) is 5.91 Å². The van der Waals surface area contributed by atoms with Gasteiger partial charge in [0.1, 0.15) is 11.6 Å². The predicted molar refractivity (Wildman–Crippen MR) is 68.7 cm³/mol. The minimum Gasteiger partial charge on any atom is -0.322 e. The molecule has 0 unspecified atom stereocenters. The molecule has 0 radical (unpaired) electrons. The van der Waals surface area contributed by atoms with Crippen LogP contribution in [0.25, 0.3) is 0 Å². The van der Waals surface area contributed by atoms with Crippen molar-refractivity contribution >= 4 is 11.6 Å². The Hall–Kier alpha value is -2.67. The zero-order valence-electron chi connectivity index (χ0n) is 9.78. The topological polar surface area (TPSA) is 29.1 Å². The van der Waals surface area contributed by atoms with Gasteiger partial charge in [0.25, 0.3) is 5.91 Å². The summed E-state index contributed by atoms with van der Waals surface area (Å²) in [4.78, 5) is 11.8. The third kappa shape index (κ3) is 2.96. The fraction of sp³-hybridized carbons (Fsp3) is 0. The van der Waals surface area contributed by atoms with Gasteiger partial charge in [-0.25, -0.2) is 8.78 Å². The van der Waals surface area contributed by atoms with Crippen LogP contribution in [0.3, 0.4) is 0 Å². The quantitative estimate of drug-likeness (QED) is 0.822. The molecule has 1 N–H and O–H groups in total. The van der Waals surface area contributed by atoms with Gasteiger partial charge in [-0.1, -0.05) is 12.0 Å². The first-order valence-electron chi connectivity index (χ1n) is 5.43. The maximum absolute atomic E-state index is 13.4. The van der Waals surface area contributed by atoms with Gasteiger partial charge < -0.3 is 5.32 Å². The Labute approximate surface area is 109 Å². The highest BCUT2D eigenvalue weighted by molar-refractivity contribution is 6.04. The van der Waals surface area contributed by atoms with Crippen LogP contribution in [0.2, 0.25) is 0 Å². The van der Waals surface area contributed by atoms with Gasteiger partial charge in [-0.3, -0.25) is 4.79 Å². The molecule has 0 saturated heterocycles. The van der Waals surface area contributed by atoms with E-state index < -0.39 is 17.5 Å². The van der Waals surface area contributed by atoms with E-state index in [1.54, 1.807) is 24.3 Å². The number of carbonyl (C=O) groups excluding carboxylic acids is 1. The van der Waals surface area contributed by atoms with Gasteiger partial charge >= 0.3 is 0 Å². The highest BCUT2D eigenvalue weighted by Gasteiger charge is 2.13. The van der Waals surface area contributed by atoms with Crippen LogP contribution >= 0.6 is 0 Å². The molecule has 2 aromatic rings. The molecule has 0 aliphatic carbocycles. The van der Waals surface area contributed by atoms with Gasteiger partial charge in [0, 0.05) is 11.3 Å². The third-order valence-electron chi connectivity index (χ3n) is 2.46. The molecule has 4 heteroatoms. The molecule has 0 saturated carbocycles. The van der Waals surface area contributed by atoms with Crippen LogP contribution in [0, 0.1) is 24.0 Å². The minimum atomic E-state index is -0.785. The van der Waals surface area contributed by atoms with Crippen LogP contribution in [-0.2, 0) is 0 Å². The number of halogens is 2. The van der Waals surface area contributed by atoms with E-state index in [1.165, 1.54) is 0 Å². The molecule has 0 atom stereocenters. The van der Waals surface area contributed by atoms with Crippen molar-refractivity contribution < 1.29 is 13.6 Å². The number of carbonyl (C=O) groups is 1. The molecule has 0 fully saturated rings. The average molecular weight is 257 g/mol. The highest BCUT2D eigenvalue weighted by Crippen LogP contribution is 2.14. The van der Waals surface area contributed by atoms with Crippen LogP contribution in [0.1, 0.15) is 15.9 Å². The first kappa shape index (κ1) is 12.8. The lowest BCUT2D eigenvalue weighted by Crippen LogP contribution is -2.14. The van der Waals surface area contributed by atoms with E-state index >= 15 is 0 Å². The third-order valence-corrected chi connectivity index (χ3v) is 2.46. The molecule has 1 amide bonds. The number of nitrogens with one attached hydrogen (secondary N) is 1. The van der Waals surface area contributed by atoms with Crippen LogP contribution in [0.4, 0.5) is 14.5 Å². The number of anilines is 1. The van der Waals surface area contributed by atoms with Crippen LogP contribution in [0.5, 0.6) is 0 Å². The zero-order chi connectivity index (χ0) is 13.8. The molecule has 0 aliphatic heterocycles. The van der Waals surface area contributed by atoms with Crippen molar-refractivity contribution in [2.45, 2.75) is 0 Å². The zero-order valence-corrected chi connectivity index (χ0v) is 9.78. The fourth-order valence-corrected chi connectivity index (χ4v) is 1.56. The summed E-state index contributed by atoms with van der Waals surface area (Å²) in [7, 11) is 0. The highest BCUT2D eigenvalue weighted by atomic mass is 19.1. The number of hydrogen-bond donors (Lipinski definition) is 1. The number of terminal acetylenes is 1. The second-order valence-electron chi connectivity index (χ2n) is 3.80. The molecule has 0 aliphatic rings. The number of rotatable bonds is 2. The van der Waals surface area contributed by atoms with E-state index in [9.17, 15) is 13.6 Å². The number of hydrogen-bond acceptors (Lipinski definition) is 1. The summed E-state index contributed by atoms with van der Waals surface area (Å²) in [5.41, 5.74) is 0.646. The van der Waals surface area contributed by atoms with E-state index in [1.807, 2.05) is 0 Å². The summed E-state index contributed by atoms with van der Waals surface area (Å²) >= 11 is 0. The largest absolute Gasteiger partial charge is 0.322 e. The van der Waals surface area contributed by atoms with Crippen molar-refractivity contribution in [2.75, 3.05) is 5.32 Å². The molecule has 0 bridgehead atoms. The molecule has 0 heterocycles. The van der Waals surface area contributed by atoms with Crippen LogP contribution < -0.4 is 5.32 Å². The van der Waals surface area contributed by atoms with Gasteiger partial charge in [-0.15, -0.1) is 6.42 Å². The SMILES string of the molecule is C#Cc1cccc(NC(=O)c2cc(F)ccc2F)c1. The first-order valence-corrected chi connectivity index (χ1v) is 5.43. The van der Waals surface area contributed by atoms with Crippen molar-refractivity contribution in [2.24, 2.45) is 0 Å². The van der Waals surface area contributed by atoms with E-state index in [4.69, 9.17) is 6.42 Å². The van der Waals surface area contributed by atoms with Gasteiger partial charge in [-0.2, -0.15) is 0 Å². The smallest absolute Gasteiger partial charge is 0.258 e. The van der Waals surface area contributed by atoms with Crippen LogP contribution in [0.15, 0.2) is 42.5 Å². The number of amides is 1. The minimum absolute atomic E-state index is 0.355. The Balaban J connectivity index is 2.26.